The highest BCUT2D eigenvalue weighted by molar-refractivity contribution is 4.99. The van der Waals surface area contributed by atoms with E-state index in [0.29, 0.717) is 0 Å². The third-order valence-electron chi connectivity index (χ3n) is 3.67. The second-order valence-corrected chi connectivity index (χ2v) is 5.87. The minimum Gasteiger partial charge on any atom is -0.395 e. The van der Waals surface area contributed by atoms with Gasteiger partial charge < -0.3 is 10.2 Å². The van der Waals surface area contributed by atoms with Crippen LogP contribution in [0.15, 0.2) is 0 Å². The number of likely N-dealkylation sites (tertiary alicyclic amines) is 1. The van der Waals surface area contributed by atoms with Crippen LogP contribution in [0.5, 0.6) is 0 Å². The van der Waals surface area contributed by atoms with Gasteiger partial charge >= 0.3 is 0 Å². The van der Waals surface area contributed by atoms with Gasteiger partial charge in [0.25, 0.3) is 0 Å². The Bertz CT molecular complexity index is 194. The van der Waals surface area contributed by atoms with Crippen molar-refractivity contribution in [3.63, 3.8) is 0 Å². The quantitative estimate of drug-likeness (QED) is 0.747. The Morgan fingerprint density at radius 2 is 1.40 bits per heavy atom. The zero-order valence-corrected chi connectivity index (χ0v) is 10.5. The van der Waals surface area contributed by atoms with Crippen molar-refractivity contribution in [2.24, 2.45) is 0 Å². The molecule has 0 aromatic rings. The first-order chi connectivity index (χ1) is 6.85. The van der Waals surface area contributed by atoms with Gasteiger partial charge in [0.1, 0.15) is 0 Å². The van der Waals surface area contributed by atoms with Gasteiger partial charge in [0.15, 0.2) is 0 Å². The van der Waals surface area contributed by atoms with Crippen LogP contribution in [0.1, 0.15) is 47.0 Å². The molecule has 1 fully saturated rings. The molecule has 0 aromatic heterocycles. The van der Waals surface area contributed by atoms with Crippen LogP contribution in [0.25, 0.3) is 0 Å². The number of piperidine rings is 1. The maximum absolute atomic E-state index is 9.34. The molecule has 90 valence electrons. The van der Waals surface area contributed by atoms with Gasteiger partial charge in [-0.05, 0) is 47.0 Å². The second-order valence-electron chi connectivity index (χ2n) is 5.87. The molecule has 15 heavy (non-hydrogen) atoms. The van der Waals surface area contributed by atoms with Crippen molar-refractivity contribution in [3.8, 4) is 0 Å². The van der Waals surface area contributed by atoms with E-state index < -0.39 is 0 Å². The van der Waals surface area contributed by atoms with Crippen LogP contribution < -0.4 is 0 Å². The minimum atomic E-state index is -0.129. The van der Waals surface area contributed by atoms with Gasteiger partial charge in [-0.1, -0.05) is 0 Å². The Kier molecular flexibility index (Phi) is 3.80. The SMILES string of the molecule is CC1(C)CCCC(C)(C)N1C(CO)CO. The van der Waals surface area contributed by atoms with Crippen LogP contribution in [0, 0.1) is 0 Å². The molecule has 0 aromatic carbocycles. The van der Waals surface area contributed by atoms with Crippen molar-refractivity contribution >= 4 is 0 Å². The summed E-state index contributed by atoms with van der Waals surface area (Å²) in [4.78, 5) is 2.30. The number of hydrogen-bond donors (Lipinski definition) is 2. The van der Waals surface area contributed by atoms with E-state index in [1.165, 1.54) is 6.42 Å². The molecule has 1 rings (SSSR count). The summed E-state index contributed by atoms with van der Waals surface area (Å²) in [6.45, 7) is 8.86. The summed E-state index contributed by atoms with van der Waals surface area (Å²) in [5, 5.41) is 18.7. The van der Waals surface area contributed by atoms with Crippen molar-refractivity contribution < 1.29 is 10.2 Å². The lowest BCUT2D eigenvalue weighted by Crippen LogP contribution is -2.64. The van der Waals surface area contributed by atoms with Gasteiger partial charge in [-0.2, -0.15) is 0 Å². The predicted molar refractivity (Wildman–Crippen MR) is 61.8 cm³/mol. The lowest BCUT2D eigenvalue weighted by molar-refractivity contribution is -0.0885. The highest BCUT2D eigenvalue weighted by atomic mass is 16.3. The Morgan fingerprint density at radius 1 is 1.00 bits per heavy atom. The summed E-state index contributed by atoms with van der Waals surface area (Å²) < 4.78 is 0. The van der Waals surface area contributed by atoms with Crippen LogP contribution in [-0.2, 0) is 0 Å². The molecule has 0 aliphatic carbocycles. The number of rotatable bonds is 3. The van der Waals surface area contributed by atoms with E-state index in [-0.39, 0.29) is 30.3 Å². The van der Waals surface area contributed by atoms with Crippen molar-refractivity contribution in [3.05, 3.63) is 0 Å². The van der Waals surface area contributed by atoms with Gasteiger partial charge in [0, 0.05) is 11.1 Å². The average molecular weight is 215 g/mol. The number of nitrogens with zero attached hydrogens (tertiary/aromatic N) is 1. The molecule has 2 N–H and O–H groups in total. The second kappa shape index (κ2) is 4.40. The van der Waals surface area contributed by atoms with Crippen molar-refractivity contribution in [1.29, 1.82) is 0 Å². The third kappa shape index (κ3) is 2.52. The lowest BCUT2D eigenvalue weighted by atomic mass is 9.78. The first-order valence-corrected chi connectivity index (χ1v) is 5.86. The maximum Gasteiger partial charge on any atom is 0.0609 e. The first kappa shape index (κ1) is 12.9. The molecule has 0 atom stereocenters. The predicted octanol–water partition coefficient (Wildman–Crippen LogP) is 1.38. The molecule has 3 heteroatoms. The molecule has 1 aliphatic rings. The molecule has 1 aliphatic heterocycles. The average Bonchev–Trinajstić information content (AvgIpc) is 2.10. The van der Waals surface area contributed by atoms with Crippen LogP contribution in [-0.4, -0.2) is 45.4 Å². The van der Waals surface area contributed by atoms with Crippen LogP contribution >= 0.6 is 0 Å². The van der Waals surface area contributed by atoms with E-state index in [4.69, 9.17) is 0 Å². The van der Waals surface area contributed by atoms with E-state index in [0.717, 1.165) is 12.8 Å². The third-order valence-corrected chi connectivity index (χ3v) is 3.67. The summed E-state index contributed by atoms with van der Waals surface area (Å²) in [6.07, 6.45) is 3.49. The minimum absolute atomic E-state index is 0.0311. The summed E-state index contributed by atoms with van der Waals surface area (Å²) in [6, 6.07) is -0.129. The molecular weight excluding hydrogens is 190 g/mol. The topological polar surface area (TPSA) is 43.7 Å². The van der Waals surface area contributed by atoms with E-state index in [1.54, 1.807) is 0 Å². The number of aliphatic hydroxyl groups excluding tert-OH is 2. The van der Waals surface area contributed by atoms with E-state index in [2.05, 4.69) is 32.6 Å². The summed E-state index contributed by atoms with van der Waals surface area (Å²) in [7, 11) is 0. The molecule has 0 spiro atoms. The summed E-state index contributed by atoms with van der Waals surface area (Å²) in [5.41, 5.74) is 0.135. The molecule has 0 unspecified atom stereocenters. The zero-order chi connectivity index (χ0) is 11.7. The maximum atomic E-state index is 9.34. The summed E-state index contributed by atoms with van der Waals surface area (Å²) >= 11 is 0. The fourth-order valence-electron chi connectivity index (χ4n) is 3.22. The number of aliphatic hydroxyl groups is 2. The molecule has 0 amide bonds. The van der Waals surface area contributed by atoms with E-state index in [1.807, 2.05) is 0 Å². The first-order valence-electron chi connectivity index (χ1n) is 5.86. The Hall–Kier alpha value is -0.120. The Balaban J connectivity index is 2.94. The zero-order valence-electron chi connectivity index (χ0n) is 10.5. The van der Waals surface area contributed by atoms with Gasteiger partial charge in [-0.3, -0.25) is 4.90 Å². The molecule has 0 radical (unpaired) electrons. The fraction of sp³-hybridized carbons (Fsp3) is 1.00. The summed E-state index contributed by atoms with van der Waals surface area (Å²) in [5.74, 6) is 0. The Labute approximate surface area is 93.1 Å². The van der Waals surface area contributed by atoms with Crippen LogP contribution in [0.3, 0.4) is 0 Å². The largest absolute Gasteiger partial charge is 0.395 e. The van der Waals surface area contributed by atoms with Crippen molar-refractivity contribution in [2.45, 2.75) is 64.1 Å². The van der Waals surface area contributed by atoms with Gasteiger partial charge in [-0.15, -0.1) is 0 Å². The van der Waals surface area contributed by atoms with Crippen molar-refractivity contribution in [2.75, 3.05) is 13.2 Å². The van der Waals surface area contributed by atoms with Crippen LogP contribution in [0.2, 0.25) is 0 Å². The van der Waals surface area contributed by atoms with E-state index in [9.17, 15) is 10.2 Å². The molecular formula is C12H25NO2. The Morgan fingerprint density at radius 3 is 1.73 bits per heavy atom. The molecule has 1 heterocycles. The molecule has 0 bridgehead atoms. The normalized spacial score (nSPS) is 25.8. The highest BCUT2D eigenvalue weighted by Gasteiger charge is 2.44. The molecule has 0 saturated carbocycles. The number of hydrogen-bond acceptors (Lipinski definition) is 3. The van der Waals surface area contributed by atoms with Gasteiger partial charge in [0.2, 0.25) is 0 Å². The molecule has 3 nitrogen and oxygen atoms in total. The van der Waals surface area contributed by atoms with Gasteiger partial charge in [0.05, 0.1) is 19.3 Å². The van der Waals surface area contributed by atoms with E-state index >= 15 is 0 Å². The highest BCUT2D eigenvalue weighted by Crippen LogP contribution is 2.39. The fourth-order valence-corrected chi connectivity index (χ4v) is 3.22. The van der Waals surface area contributed by atoms with Crippen LogP contribution in [0.4, 0.5) is 0 Å². The van der Waals surface area contributed by atoms with Gasteiger partial charge in [-0.25, -0.2) is 0 Å². The lowest BCUT2D eigenvalue weighted by Gasteiger charge is -2.55. The monoisotopic (exact) mass is 215 g/mol. The molecule has 1 saturated heterocycles. The smallest absolute Gasteiger partial charge is 0.0609 e. The van der Waals surface area contributed by atoms with Crippen molar-refractivity contribution in [1.82, 2.24) is 4.90 Å². The standard InChI is InChI=1S/C12H25NO2/c1-11(2)6-5-7-12(3,4)13(11)10(8-14)9-15/h10,14-15H,5-9H2,1-4H3.